The number of nitrogens with one attached hydrogen (secondary N) is 2. The molecule has 6 nitrogen and oxygen atoms in total. The molecule has 1 aliphatic rings. The zero-order chi connectivity index (χ0) is 13.8. The first-order chi connectivity index (χ1) is 9.13. The van der Waals surface area contributed by atoms with Gasteiger partial charge in [0, 0.05) is 6.04 Å². The highest BCUT2D eigenvalue weighted by Gasteiger charge is 2.33. The summed E-state index contributed by atoms with van der Waals surface area (Å²) in [6, 6.07) is 6.29. The van der Waals surface area contributed by atoms with Gasteiger partial charge in [0.15, 0.2) is 0 Å². The number of hydrogen-bond acceptors (Lipinski definition) is 4. The third kappa shape index (κ3) is 2.91. The summed E-state index contributed by atoms with van der Waals surface area (Å²) < 4.78 is 5.26. The van der Waals surface area contributed by atoms with Gasteiger partial charge in [0.1, 0.15) is 0 Å². The Morgan fingerprint density at radius 3 is 2.74 bits per heavy atom. The molecule has 1 aromatic rings. The van der Waals surface area contributed by atoms with Crippen molar-refractivity contribution in [2.24, 2.45) is 5.92 Å². The van der Waals surface area contributed by atoms with E-state index in [4.69, 9.17) is 9.84 Å². The number of aromatic carboxylic acids is 1. The molecule has 2 unspecified atom stereocenters. The van der Waals surface area contributed by atoms with Crippen LogP contribution in [0.1, 0.15) is 10.4 Å². The van der Waals surface area contributed by atoms with E-state index in [0.717, 1.165) is 0 Å². The minimum atomic E-state index is -1.07. The maximum atomic E-state index is 12.1. The van der Waals surface area contributed by atoms with Crippen LogP contribution >= 0.6 is 0 Å². The third-order valence-electron chi connectivity index (χ3n) is 3.20. The Morgan fingerprint density at radius 1 is 1.32 bits per heavy atom. The predicted molar refractivity (Wildman–Crippen MR) is 69.2 cm³/mol. The Hall–Kier alpha value is -1.92. The maximum Gasteiger partial charge on any atom is 0.337 e. The second-order valence-corrected chi connectivity index (χ2v) is 4.38. The highest BCUT2D eigenvalue weighted by molar-refractivity contribution is 6.01. The molecule has 0 bridgehead atoms. The van der Waals surface area contributed by atoms with E-state index >= 15 is 0 Å². The second-order valence-electron chi connectivity index (χ2n) is 4.38. The number of rotatable bonds is 4. The van der Waals surface area contributed by atoms with Crippen LogP contribution in [0.4, 0.5) is 5.69 Å². The Kier molecular flexibility index (Phi) is 4.13. The number of carboxylic acid groups (broad SMARTS) is 1. The fourth-order valence-electron chi connectivity index (χ4n) is 2.10. The lowest BCUT2D eigenvalue weighted by molar-refractivity contribution is -0.120. The lowest BCUT2D eigenvalue weighted by Gasteiger charge is -2.17. The molecule has 0 aromatic heterocycles. The molecule has 0 radical (unpaired) electrons. The average Bonchev–Trinajstić information content (AvgIpc) is 2.87. The monoisotopic (exact) mass is 264 g/mol. The lowest BCUT2D eigenvalue weighted by atomic mass is 10.0. The molecule has 1 aliphatic heterocycles. The Balaban J connectivity index is 2.13. The van der Waals surface area contributed by atoms with Gasteiger partial charge in [-0.25, -0.2) is 4.79 Å². The first-order valence-corrected chi connectivity index (χ1v) is 6.01. The molecule has 1 fully saturated rings. The molecule has 2 rings (SSSR count). The van der Waals surface area contributed by atoms with Crippen molar-refractivity contribution in [3.05, 3.63) is 29.8 Å². The molecule has 0 saturated carbocycles. The summed E-state index contributed by atoms with van der Waals surface area (Å²) in [7, 11) is 1.77. The molecular formula is C13H16N2O4. The Labute approximate surface area is 110 Å². The van der Waals surface area contributed by atoms with Crippen molar-refractivity contribution in [1.82, 2.24) is 5.32 Å². The number of anilines is 1. The number of carbonyl (C=O) groups is 2. The minimum Gasteiger partial charge on any atom is -0.478 e. The summed E-state index contributed by atoms with van der Waals surface area (Å²) in [5, 5.41) is 14.7. The highest BCUT2D eigenvalue weighted by Crippen LogP contribution is 2.19. The average molecular weight is 264 g/mol. The quantitative estimate of drug-likeness (QED) is 0.739. The van der Waals surface area contributed by atoms with Gasteiger partial charge in [-0.1, -0.05) is 12.1 Å². The smallest absolute Gasteiger partial charge is 0.337 e. The minimum absolute atomic E-state index is 0.0445. The number of hydrogen-bond donors (Lipinski definition) is 3. The number of benzene rings is 1. The summed E-state index contributed by atoms with van der Waals surface area (Å²) in [4.78, 5) is 23.2. The van der Waals surface area contributed by atoms with E-state index in [2.05, 4.69) is 10.6 Å². The molecular weight excluding hydrogens is 248 g/mol. The molecule has 1 aromatic carbocycles. The van der Waals surface area contributed by atoms with Crippen LogP contribution in [0.5, 0.6) is 0 Å². The van der Waals surface area contributed by atoms with Gasteiger partial charge in [-0.2, -0.15) is 0 Å². The maximum absolute atomic E-state index is 12.1. The normalized spacial score (nSPS) is 22.2. The lowest BCUT2D eigenvalue weighted by Crippen LogP contribution is -2.39. The molecule has 2 atom stereocenters. The van der Waals surface area contributed by atoms with Gasteiger partial charge in [0.2, 0.25) is 5.91 Å². The molecule has 6 heteroatoms. The number of likely N-dealkylation sites (N-methyl/N-ethyl adjacent to an activating group) is 1. The van der Waals surface area contributed by atoms with E-state index in [9.17, 15) is 9.59 Å². The first-order valence-electron chi connectivity index (χ1n) is 6.01. The summed E-state index contributed by atoms with van der Waals surface area (Å²) >= 11 is 0. The summed E-state index contributed by atoms with van der Waals surface area (Å²) in [6.45, 7) is 0.821. The number of carbonyl (C=O) groups excluding carboxylic acids is 1. The molecule has 1 amide bonds. The van der Waals surface area contributed by atoms with Crippen LogP contribution in [0.25, 0.3) is 0 Å². The fourth-order valence-corrected chi connectivity index (χ4v) is 2.10. The summed E-state index contributed by atoms with van der Waals surface area (Å²) in [5.41, 5.74) is 0.387. The molecule has 0 spiro atoms. The molecule has 1 saturated heterocycles. The van der Waals surface area contributed by atoms with Crippen molar-refractivity contribution in [3.8, 4) is 0 Å². The second kappa shape index (κ2) is 5.81. The predicted octanol–water partition coefficient (Wildman–Crippen LogP) is 0.558. The van der Waals surface area contributed by atoms with Gasteiger partial charge < -0.3 is 20.5 Å². The van der Waals surface area contributed by atoms with Crippen LogP contribution in [0.15, 0.2) is 24.3 Å². The van der Waals surface area contributed by atoms with E-state index < -0.39 is 5.97 Å². The molecule has 0 aliphatic carbocycles. The highest BCUT2D eigenvalue weighted by atomic mass is 16.5. The van der Waals surface area contributed by atoms with Crippen LogP contribution in [-0.4, -0.2) is 43.3 Å². The van der Waals surface area contributed by atoms with Crippen LogP contribution in [-0.2, 0) is 9.53 Å². The van der Waals surface area contributed by atoms with Gasteiger partial charge in [0.05, 0.1) is 30.4 Å². The van der Waals surface area contributed by atoms with Crippen LogP contribution < -0.4 is 10.6 Å². The number of carboxylic acids is 1. The van der Waals surface area contributed by atoms with E-state index in [-0.39, 0.29) is 23.4 Å². The molecule has 19 heavy (non-hydrogen) atoms. The van der Waals surface area contributed by atoms with Crippen LogP contribution in [0.2, 0.25) is 0 Å². The van der Waals surface area contributed by atoms with E-state index in [1.54, 1.807) is 25.2 Å². The molecule has 1 heterocycles. The van der Waals surface area contributed by atoms with Crippen molar-refractivity contribution in [2.45, 2.75) is 6.04 Å². The Morgan fingerprint density at radius 2 is 2.05 bits per heavy atom. The van der Waals surface area contributed by atoms with Gasteiger partial charge in [-0.05, 0) is 19.2 Å². The third-order valence-corrected chi connectivity index (χ3v) is 3.20. The van der Waals surface area contributed by atoms with E-state index in [0.29, 0.717) is 18.9 Å². The van der Waals surface area contributed by atoms with Gasteiger partial charge >= 0.3 is 5.97 Å². The first kappa shape index (κ1) is 13.5. The molecule has 102 valence electrons. The molecule has 3 N–H and O–H groups in total. The topological polar surface area (TPSA) is 87.7 Å². The standard InChI is InChI=1S/C13H16N2O4/c1-14-11-7-19-6-9(11)12(16)15-10-5-3-2-4-8(10)13(17)18/h2-5,9,11,14H,6-7H2,1H3,(H,15,16)(H,17,18). The van der Waals surface area contributed by atoms with Crippen molar-refractivity contribution in [2.75, 3.05) is 25.6 Å². The zero-order valence-corrected chi connectivity index (χ0v) is 10.6. The van der Waals surface area contributed by atoms with Gasteiger partial charge in [-0.15, -0.1) is 0 Å². The number of ether oxygens (including phenoxy) is 1. The Bertz CT molecular complexity index is 489. The number of amides is 1. The number of para-hydroxylation sites is 1. The summed E-state index contributed by atoms with van der Waals surface area (Å²) in [5.74, 6) is -1.61. The zero-order valence-electron chi connectivity index (χ0n) is 10.6. The van der Waals surface area contributed by atoms with E-state index in [1.807, 2.05) is 0 Å². The SMILES string of the molecule is CNC1COCC1C(=O)Nc1ccccc1C(=O)O. The van der Waals surface area contributed by atoms with E-state index in [1.165, 1.54) is 6.07 Å². The van der Waals surface area contributed by atoms with Crippen LogP contribution in [0, 0.1) is 5.92 Å². The van der Waals surface area contributed by atoms with Gasteiger partial charge in [0.25, 0.3) is 0 Å². The van der Waals surface area contributed by atoms with Crippen molar-refractivity contribution >= 4 is 17.6 Å². The largest absolute Gasteiger partial charge is 0.478 e. The van der Waals surface area contributed by atoms with Crippen LogP contribution in [0.3, 0.4) is 0 Å². The van der Waals surface area contributed by atoms with Crippen molar-refractivity contribution < 1.29 is 19.4 Å². The fraction of sp³-hybridized carbons (Fsp3) is 0.385. The van der Waals surface area contributed by atoms with Crippen molar-refractivity contribution in [1.29, 1.82) is 0 Å². The van der Waals surface area contributed by atoms with Crippen molar-refractivity contribution in [3.63, 3.8) is 0 Å². The summed E-state index contributed by atoms with van der Waals surface area (Å²) in [6.07, 6.45) is 0. The van der Waals surface area contributed by atoms with Gasteiger partial charge in [-0.3, -0.25) is 4.79 Å².